The summed E-state index contributed by atoms with van der Waals surface area (Å²) in [5.41, 5.74) is 1.53. The van der Waals surface area contributed by atoms with Crippen LogP contribution < -0.4 is 0 Å². The van der Waals surface area contributed by atoms with E-state index in [1.54, 1.807) is 0 Å². The molecule has 3 heteroatoms. The highest BCUT2D eigenvalue weighted by molar-refractivity contribution is 8.00. The van der Waals surface area contributed by atoms with Crippen LogP contribution in [0.15, 0.2) is 29.2 Å². The van der Waals surface area contributed by atoms with Crippen LogP contribution in [0.25, 0.3) is 0 Å². The molecule has 1 unspecified atom stereocenters. The van der Waals surface area contributed by atoms with Crippen molar-refractivity contribution in [3.63, 3.8) is 0 Å². The first kappa shape index (κ1) is 12.9. The molecule has 0 N–H and O–H groups in total. The molecule has 0 radical (unpaired) electrons. The summed E-state index contributed by atoms with van der Waals surface area (Å²) in [5, 5.41) is 0.736. The number of thioether (sulfide) groups is 1. The normalized spacial score (nSPS) is 19.0. The lowest BCUT2D eigenvalue weighted by Crippen LogP contribution is -2.33. The molecule has 94 valence electrons. The summed E-state index contributed by atoms with van der Waals surface area (Å²) in [6.07, 6.45) is 1.23. The van der Waals surface area contributed by atoms with Crippen molar-refractivity contribution in [1.29, 1.82) is 0 Å². The predicted octanol–water partition coefficient (Wildman–Crippen LogP) is 2.20. The van der Waals surface area contributed by atoms with Crippen LogP contribution >= 0.6 is 11.8 Å². The van der Waals surface area contributed by atoms with Crippen molar-refractivity contribution in [2.45, 2.75) is 16.6 Å². The Kier molecular flexibility index (Phi) is 4.48. The van der Waals surface area contributed by atoms with E-state index in [2.05, 4.69) is 55.2 Å². The van der Waals surface area contributed by atoms with Crippen molar-refractivity contribution >= 4 is 11.8 Å². The Labute approximate surface area is 109 Å². The van der Waals surface area contributed by atoms with Crippen LogP contribution in [0.2, 0.25) is 0 Å². The van der Waals surface area contributed by atoms with Crippen LogP contribution in [-0.4, -0.2) is 55.8 Å². The van der Waals surface area contributed by atoms with Crippen LogP contribution in [-0.2, 0) is 6.42 Å². The molecule has 2 rings (SSSR count). The Balaban J connectivity index is 1.79. The minimum Gasteiger partial charge on any atom is -0.308 e. The molecule has 0 saturated carbocycles. The first-order valence-corrected chi connectivity index (χ1v) is 7.11. The zero-order valence-corrected chi connectivity index (χ0v) is 11.8. The van der Waals surface area contributed by atoms with E-state index in [1.807, 2.05) is 11.8 Å². The summed E-state index contributed by atoms with van der Waals surface area (Å²) in [5.74, 6) is 0. The third kappa shape index (κ3) is 3.73. The minimum absolute atomic E-state index is 0.736. The lowest BCUT2D eigenvalue weighted by molar-refractivity contribution is 0.283. The molecule has 0 saturated heterocycles. The maximum atomic E-state index is 2.45. The maximum absolute atomic E-state index is 2.45. The molecule has 0 bridgehead atoms. The third-order valence-electron chi connectivity index (χ3n) is 3.16. The number of likely N-dealkylation sites (N-methyl/N-ethyl adjacent to an activating group) is 2. The van der Waals surface area contributed by atoms with Gasteiger partial charge in [0, 0.05) is 29.8 Å². The summed E-state index contributed by atoms with van der Waals surface area (Å²) in [7, 11) is 6.50. The average molecular weight is 250 g/mol. The van der Waals surface area contributed by atoms with E-state index < -0.39 is 0 Å². The molecule has 1 heterocycles. The Hall–Kier alpha value is -0.510. The second-order valence-electron chi connectivity index (χ2n) is 5.12. The van der Waals surface area contributed by atoms with Gasteiger partial charge in [0.1, 0.15) is 0 Å². The fourth-order valence-electron chi connectivity index (χ4n) is 2.17. The molecule has 1 atom stereocenters. The summed E-state index contributed by atoms with van der Waals surface area (Å²) >= 11 is 2.04. The molecule has 0 fully saturated rings. The van der Waals surface area contributed by atoms with Gasteiger partial charge in [-0.3, -0.25) is 0 Å². The maximum Gasteiger partial charge on any atom is 0.0263 e. The van der Waals surface area contributed by atoms with Gasteiger partial charge in [-0.2, -0.15) is 0 Å². The number of fused-ring (bicyclic) bond motifs is 1. The zero-order valence-electron chi connectivity index (χ0n) is 11.0. The first-order valence-electron chi connectivity index (χ1n) is 6.23. The second kappa shape index (κ2) is 5.89. The molecule has 1 aliphatic heterocycles. The molecular formula is C14H22N2S. The van der Waals surface area contributed by atoms with E-state index >= 15 is 0 Å². The number of benzene rings is 1. The van der Waals surface area contributed by atoms with Gasteiger partial charge in [-0.05, 0) is 39.2 Å². The lowest BCUT2D eigenvalue weighted by Gasteiger charge is -2.22. The van der Waals surface area contributed by atoms with Crippen LogP contribution in [0.5, 0.6) is 0 Å². The van der Waals surface area contributed by atoms with Gasteiger partial charge < -0.3 is 9.80 Å². The molecule has 1 aromatic carbocycles. The summed E-state index contributed by atoms with van der Waals surface area (Å²) in [4.78, 5) is 6.18. The molecule has 0 aromatic heterocycles. The quantitative estimate of drug-likeness (QED) is 0.791. The van der Waals surface area contributed by atoms with Gasteiger partial charge in [-0.1, -0.05) is 18.2 Å². The second-order valence-corrected chi connectivity index (χ2v) is 6.46. The van der Waals surface area contributed by atoms with Crippen LogP contribution in [0.1, 0.15) is 5.56 Å². The van der Waals surface area contributed by atoms with E-state index in [-0.39, 0.29) is 0 Å². The fourth-order valence-corrected chi connectivity index (χ4v) is 3.58. The van der Waals surface area contributed by atoms with Crippen LogP contribution in [0, 0.1) is 0 Å². The summed E-state index contributed by atoms with van der Waals surface area (Å²) in [6.45, 7) is 3.48. The average Bonchev–Trinajstić information content (AvgIpc) is 2.68. The van der Waals surface area contributed by atoms with Crippen LogP contribution in [0.4, 0.5) is 0 Å². The molecule has 17 heavy (non-hydrogen) atoms. The first-order chi connectivity index (χ1) is 8.15. The van der Waals surface area contributed by atoms with Gasteiger partial charge in [0.15, 0.2) is 0 Å². The van der Waals surface area contributed by atoms with Gasteiger partial charge in [-0.25, -0.2) is 0 Å². The molecular weight excluding hydrogens is 228 g/mol. The smallest absolute Gasteiger partial charge is 0.0263 e. The monoisotopic (exact) mass is 250 g/mol. The largest absolute Gasteiger partial charge is 0.308 e. The Morgan fingerprint density at radius 1 is 1.18 bits per heavy atom. The molecule has 1 aromatic rings. The topological polar surface area (TPSA) is 6.48 Å². The number of hydrogen-bond donors (Lipinski definition) is 0. The van der Waals surface area contributed by atoms with E-state index in [1.165, 1.54) is 23.4 Å². The van der Waals surface area contributed by atoms with Gasteiger partial charge >= 0.3 is 0 Å². The third-order valence-corrected chi connectivity index (χ3v) is 4.46. The zero-order chi connectivity index (χ0) is 12.3. The van der Waals surface area contributed by atoms with Crippen molar-refractivity contribution in [2.24, 2.45) is 0 Å². The summed E-state index contributed by atoms with van der Waals surface area (Å²) in [6, 6.07) is 8.81. The lowest BCUT2D eigenvalue weighted by atomic mass is 10.1. The number of rotatable bonds is 5. The number of hydrogen-bond acceptors (Lipinski definition) is 3. The van der Waals surface area contributed by atoms with Crippen molar-refractivity contribution in [3.8, 4) is 0 Å². The predicted molar refractivity (Wildman–Crippen MR) is 75.8 cm³/mol. The van der Waals surface area contributed by atoms with Crippen molar-refractivity contribution in [1.82, 2.24) is 9.80 Å². The molecule has 0 amide bonds. The molecule has 0 aliphatic carbocycles. The molecule has 2 nitrogen and oxygen atoms in total. The van der Waals surface area contributed by atoms with E-state index in [4.69, 9.17) is 0 Å². The highest BCUT2D eigenvalue weighted by Crippen LogP contribution is 2.36. The van der Waals surface area contributed by atoms with E-state index in [0.717, 1.165) is 18.3 Å². The van der Waals surface area contributed by atoms with Crippen molar-refractivity contribution in [3.05, 3.63) is 29.8 Å². The Bertz CT molecular complexity index is 340. The van der Waals surface area contributed by atoms with Gasteiger partial charge in [0.2, 0.25) is 0 Å². The minimum atomic E-state index is 0.736. The van der Waals surface area contributed by atoms with Gasteiger partial charge in [0.25, 0.3) is 0 Å². The highest BCUT2D eigenvalue weighted by atomic mass is 32.2. The SMILES string of the molecule is CN(C)CCN(C)CC1Cc2ccccc2S1. The summed E-state index contributed by atoms with van der Waals surface area (Å²) < 4.78 is 0. The van der Waals surface area contributed by atoms with E-state index in [0.29, 0.717) is 0 Å². The van der Waals surface area contributed by atoms with Gasteiger partial charge in [-0.15, -0.1) is 11.8 Å². The Morgan fingerprint density at radius 2 is 1.94 bits per heavy atom. The van der Waals surface area contributed by atoms with E-state index in [9.17, 15) is 0 Å². The van der Waals surface area contributed by atoms with Crippen LogP contribution in [0.3, 0.4) is 0 Å². The molecule has 0 spiro atoms. The van der Waals surface area contributed by atoms with Gasteiger partial charge in [0.05, 0.1) is 0 Å². The number of nitrogens with zero attached hydrogens (tertiary/aromatic N) is 2. The standard InChI is InChI=1S/C14H22N2S/c1-15(2)8-9-16(3)11-13-10-12-6-4-5-7-14(12)17-13/h4-7,13H,8-11H2,1-3H3. The van der Waals surface area contributed by atoms with Crippen molar-refractivity contribution in [2.75, 3.05) is 40.8 Å². The van der Waals surface area contributed by atoms with Crippen molar-refractivity contribution < 1.29 is 0 Å². The Morgan fingerprint density at radius 3 is 2.65 bits per heavy atom. The highest BCUT2D eigenvalue weighted by Gasteiger charge is 2.22. The molecule has 1 aliphatic rings. The fraction of sp³-hybridized carbons (Fsp3) is 0.571.